The van der Waals surface area contributed by atoms with Gasteiger partial charge >= 0.3 is 0 Å². The third kappa shape index (κ3) is 3.75. The second kappa shape index (κ2) is 6.45. The van der Waals surface area contributed by atoms with Gasteiger partial charge < -0.3 is 5.32 Å². The third-order valence-corrected chi connectivity index (χ3v) is 3.42. The van der Waals surface area contributed by atoms with Crippen LogP contribution in [0.4, 0.5) is 8.78 Å². The SMILES string of the molecule is CNC(CCC(C)C)c1c(F)ccc(Br)c1F. The van der Waals surface area contributed by atoms with Gasteiger partial charge in [-0.3, -0.25) is 0 Å². The van der Waals surface area contributed by atoms with E-state index in [1.165, 1.54) is 12.1 Å². The zero-order valence-electron chi connectivity index (χ0n) is 10.4. The molecular weight excluding hydrogens is 288 g/mol. The van der Waals surface area contributed by atoms with E-state index in [-0.39, 0.29) is 11.6 Å². The molecule has 1 N–H and O–H groups in total. The van der Waals surface area contributed by atoms with Crippen molar-refractivity contribution in [1.29, 1.82) is 0 Å². The molecule has 17 heavy (non-hydrogen) atoms. The second-order valence-corrected chi connectivity index (χ2v) is 5.42. The van der Waals surface area contributed by atoms with Crippen LogP contribution < -0.4 is 5.32 Å². The summed E-state index contributed by atoms with van der Waals surface area (Å²) in [5.74, 6) is -0.481. The van der Waals surface area contributed by atoms with Gasteiger partial charge in [-0.25, -0.2) is 8.78 Å². The summed E-state index contributed by atoms with van der Waals surface area (Å²) in [6.45, 7) is 4.20. The molecule has 96 valence electrons. The summed E-state index contributed by atoms with van der Waals surface area (Å²) in [7, 11) is 1.73. The van der Waals surface area contributed by atoms with E-state index in [1.807, 2.05) is 0 Å². The van der Waals surface area contributed by atoms with Crippen molar-refractivity contribution in [3.8, 4) is 0 Å². The van der Waals surface area contributed by atoms with Crippen molar-refractivity contribution in [2.75, 3.05) is 7.05 Å². The number of halogens is 3. The monoisotopic (exact) mass is 305 g/mol. The van der Waals surface area contributed by atoms with E-state index in [4.69, 9.17) is 0 Å². The minimum atomic E-state index is -0.506. The van der Waals surface area contributed by atoms with Crippen molar-refractivity contribution in [1.82, 2.24) is 5.32 Å². The maximum absolute atomic E-state index is 13.9. The van der Waals surface area contributed by atoms with E-state index in [9.17, 15) is 8.78 Å². The highest BCUT2D eigenvalue weighted by Crippen LogP contribution is 2.29. The molecule has 4 heteroatoms. The standard InChI is InChI=1S/C13H18BrF2N/c1-8(2)4-7-11(17-3)12-10(15)6-5-9(14)13(12)16/h5-6,8,11,17H,4,7H2,1-3H3. The Kier molecular flexibility index (Phi) is 5.53. The Labute approximate surface area is 110 Å². The van der Waals surface area contributed by atoms with E-state index in [2.05, 4.69) is 35.1 Å². The van der Waals surface area contributed by atoms with Gasteiger partial charge in [-0.1, -0.05) is 13.8 Å². The molecule has 0 saturated heterocycles. The van der Waals surface area contributed by atoms with E-state index >= 15 is 0 Å². The fourth-order valence-corrected chi connectivity index (χ4v) is 2.14. The summed E-state index contributed by atoms with van der Waals surface area (Å²) in [6.07, 6.45) is 1.65. The Morgan fingerprint density at radius 3 is 2.41 bits per heavy atom. The number of hydrogen-bond donors (Lipinski definition) is 1. The minimum absolute atomic E-state index is 0.127. The lowest BCUT2D eigenvalue weighted by molar-refractivity contribution is 0.429. The lowest BCUT2D eigenvalue weighted by Gasteiger charge is -2.19. The Hall–Kier alpha value is -0.480. The highest BCUT2D eigenvalue weighted by molar-refractivity contribution is 9.10. The molecular formula is C13H18BrF2N. The van der Waals surface area contributed by atoms with Gasteiger partial charge in [-0.15, -0.1) is 0 Å². The van der Waals surface area contributed by atoms with Crippen molar-refractivity contribution in [3.05, 3.63) is 33.8 Å². The van der Waals surface area contributed by atoms with Crippen molar-refractivity contribution < 1.29 is 8.78 Å². The summed E-state index contributed by atoms with van der Waals surface area (Å²) >= 11 is 3.09. The minimum Gasteiger partial charge on any atom is -0.313 e. The summed E-state index contributed by atoms with van der Waals surface area (Å²) in [4.78, 5) is 0. The Morgan fingerprint density at radius 1 is 1.24 bits per heavy atom. The molecule has 0 heterocycles. The molecule has 1 aromatic carbocycles. The first kappa shape index (κ1) is 14.6. The molecule has 0 spiro atoms. The van der Waals surface area contributed by atoms with Crippen LogP contribution in [-0.2, 0) is 0 Å². The van der Waals surface area contributed by atoms with Crippen LogP contribution in [0.5, 0.6) is 0 Å². The van der Waals surface area contributed by atoms with Crippen LogP contribution in [0.3, 0.4) is 0 Å². The molecule has 0 aromatic heterocycles. The lowest BCUT2D eigenvalue weighted by atomic mass is 9.97. The van der Waals surface area contributed by atoms with Crippen LogP contribution >= 0.6 is 15.9 Å². The average molecular weight is 306 g/mol. The molecule has 0 aliphatic carbocycles. The summed E-state index contributed by atoms with van der Waals surface area (Å²) in [5, 5.41) is 2.98. The van der Waals surface area contributed by atoms with Gasteiger partial charge in [-0.05, 0) is 53.9 Å². The van der Waals surface area contributed by atoms with Crippen LogP contribution in [0, 0.1) is 17.6 Å². The summed E-state index contributed by atoms with van der Waals surface area (Å²) < 4.78 is 27.9. The number of nitrogens with one attached hydrogen (secondary N) is 1. The number of hydrogen-bond acceptors (Lipinski definition) is 1. The Morgan fingerprint density at radius 2 is 1.88 bits per heavy atom. The van der Waals surface area contributed by atoms with Crippen molar-refractivity contribution in [2.24, 2.45) is 5.92 Å². The van der Waals surface area contributed by atoms with Crippen molar-refractivity contribution in [3.63, 3.8) is 0 Å². The Balaban J connectivity index is 2.98. The maximum atomic E-state index is 13.9. The normalized spacial score (nSPS) is 13.1. The Bertz CT molecular complexity index is 380. The van der Waals surface area contributed by atoms with E-state index < -0.39 is 11.6 Å². The molecule has 1 rings (SSSR count). The summed E-state index contributed by atoms with van der Waals surface area (Å²) in [5.41, 5.74) is 0.127. The first-order valence-corrected chi connectivity index (χ1v) is 6.57. The van der Waals surface area contributed by atoms with Gasteiger partial charge in [0.1, 0.15) is 11.6 Å². The molecule has 1 atom stereocenters. The number of benzene rings is 1. The lowest BCUT2D eigenvalue weighted by Crippen LogP contribution is -2.20. The molecule has 0 bridgehead atoms. The molecule has 1 nitrogen and oxygen atoms in total. The summed E-state index contributed by atoms with van der Waals surface area (Å²) in [6, 6.07) is 2.40. The zero-order chi connectivity index (χ0) is 13.0. The second-order valence-electron chi connectivity index (χ2n) is 4.57. The van der Waals surface area contributed by atoms with Crippen LogP contribution in [0.1, 0.15) is 38.3 Å². The largest absolute Gasteiger partial charge is 0.313 e. The maximum Gasteiger partial charge on any atom is 0.145 e. The van der Waals surface area contributed by atoms with Gasteiger partial charge in [0.15, 0.2) is 0 Å². The molecule has 0 aliphatic heterocycles. The van der Waals surface area contributed by atoms with Crippen LogP contribution in [0.25, 0.3) is 0 Å². The van der Waals surface area contributed by atoms with Crippen LogP contribution in [-0.4, -0.2) is 7.05 Å². The topological polar surface area (TPSA) is 12.0 Å². The van der Waals surface area contributed by atoms with E-state index in [0.717, 1.165) is 12.8 Å². The van der Waals surface area contributed by atoms with Crippen LogP contribution in [0.2, 0.25) is 0 Å². The highest BCUT2D eigenvalue weighted by atomic mass is 79.9. The molecule has 0 saturated carbocycles. The molecule has 1 unspecified atom stereocenters. The fraction of sp³-hybridized carbons (Fsp3) is 0.538. The van der Waals surface area contributed by atoms with Gasteiger partial charge in [0, 0.05) is 11.6 Å². The fourth-order valence-electron chi connectivity index (χ4n) is 1.80. The molecule has 1 aromatic rings. The smallest absolute Gasteiger partial charge is 0.145 e. The average Bonchev–Trinajstić information content (AvgIpc) is 2.28. The van der Waals surface area contributed by atoms with E-state index in [0.29, 0.717) is 10.4 Å². The van der Waals surface area contributed by atoms with Crippen molar-refractivity contribution in [2.45, 2.75) is 32.7 Å². The molecule has 0 amide bonds. The predicted molar refractivity (Wildman–Crippen MR) is 69.9 cm³/mol. The van der Waals surface area contributed by atoms with Gasteiger partial charge in [0.25, 0.3) is 0 Å². The van der Waals surface area contributed by atoms with Crippen molar-refractivity contribution >= 4 is 15.9 Å². The predicted octanol–water partition coefficient (Wildman–Crippen LogP) is 4.42. The molecule has 0 radical (unpaired) electrons. The van der Waals surface area contributed by atoms with Gasteiger partial charge in [0.05, 0.1) is 4.47 Å². The molecule has 0 fully saturated rings. The van der Waals surface area contributed by atoms with Crippen LogP contribution in [0.15, 0.2) is 16.6 Å². The highest BCUT2D eigenvalue weighted by Gasteiger charge is 2.20. The first-order chi connectivity index (χ1) is 7.97. The third-order valence-electron chi connectivity index (χ3n) is 2.81. The molecule has 0 aliphatic rings. The van der Waals surface area contributed by atoms with E-state index in [1.54, 1.807) is 7.05 Å². The quantitative estimate of drug-likeness (QED) is 0.794. The number of rotatable bonds is 5. The van der Waals surface area contributed by atoms with Gasteiger partial charge in [-0.2, -0.15) is 0 Å². The van der Waals surface area contributed by atoms with Gasteiger partial charge in [0.2, 0.25) is 0 Å². The first-order valence-electron chi connectivity index (χ1n) is 5.78. The zero-order valence-corrected chi connectivity index (χ0v) is 11.9.